The minimum atomic E-state index is -0.104. The van der Waals surface area contributed by atoms with Gasteiger partial charge in [-0.3, -0.25) is 9.69 Å². The summed E-state index contributed by atoms with van der Waals surface area (Å²) in [5, 5.41) is 18.0. The van der Waals surface area contributed by atoms with E-state index in [1.54, 1.807) is 12.1 Å². The normalized spacial score (nSPS) is 18.0. The number of unbranched alkanes of at least 4 members (excludes halogenated alkanes) is 1. The molecule has 1 aromatic carbocycles. The first-order chi connectivity index (χ1) is 11.7. The highest BCUT2D eigenvalue weighted by Crippen LogP contribution is 2.24. The topological polar surface area (TPSA) is 67.6 Å². The molecule has 5 nitrogen and oxygen atoms in total. The molecule has 1 fully saturated rings. The number of benzene rings is 1. The first-order valence-corrected chi connectivity index (χ1v) is 8.87. The second kappa shape index (κ2) is 9.41. The Labute approximate surface area is 144 Å². The van der Waals surface area contributed by atoms with E-state index in [4.69, 9.17) is 10.4 Å². The summed E-state index contributed by atoms with van der Waals surface area (Å²) >= 11 is 0. The van der Waals surface area contributed by atoms with E-state index in [-0.39, 0.29) is 18.6 Å². The van der Waals surface area contributed by atoms with Crippen LogP contribution in [0.3, 0.4) is 0 Å². The zero-order valence-electron chi connectivity index (χ0n) is 14.4. The van der Waals surface area contributed by atoms with E-state index in [0.717, 1.165) is 51.0 Å². The third kappa shape index (κ3) is 4.56. The van der Waals surface area contributed by atoms with Gasteiger partial charge in [-0.15, -0.1) is 0 Å². The molecule has 0 radical (unpaired) electrons. The molecule has 5 heteroatoms. The molecule has 24 heavy (non-hydrogen) atoms. The van der Waals surface area contributed by atoms with E-state index in [9.17, 15) is 4.79 Å². The smallest absolute Gasteiger partial charge is 0.244 e. The van der Waals surface area contributed by atoms with Crippen LogP contribution in [0, 0.1) is 11.3 Å². The number of hydrogen-bond donors (Lipinski definition) is 1. The molecule has 1 heterocycles. The monoisotopic (exact) mass is 329 g/mol. The zero-order valence-corrected chi connectivity index (χ0v) is 14.4. The molecule has 1 aliphatic rings. The maximum absolute atomic E-state index is 13.0. The Bertz CT molecular complexity index is 557. The quantitative estimate of drug-likeness (QED) is 0.796. The Morgan fingerprint density at radius 1 is 1.29 bits per heavy atom. The summed E-state index contributed by atoms with van der Waals surface area (Å²) in [6, 6.07) is 9.22. The molecule has 1 aliphatic heterocycles. The van der Waals surface area contributed by atoms with E-state index in [1.165, 1.54) is 0 Å². The molecule has 1 amide bonds. The van der Waals surface area contributed by atoms with Crippen molar-refractivity contribution in [3.05, 3.63) is 29.8 Å². The summed E-state index contributed by atoms with van der Waals surface area (Å²) in [6.07, 6.45) is 4.70. The molecule has 130 valence electrons. The average Bonchev–Trinajstić information content (AvgIpc) is 2.63. The summed E-state index contributed by atoms with van der Waals surface area (Å²) in [5.74, 6) is 0.139. The van der Waals surface area contributed by atoms with Gasteiger partial charge in [-0.1, -0.05) is 13.3 Å². The lowest BCUT2D eigenvalue weighted by Crippen LogP contribution is -2.53. The van der Waals surface area contributed by atoms with Crippen LogP contribution in [0.1, 0.15) is 44.6 Å². The molecule has 0 spiro atoms. The minimum Gasteiger partial charge on any atom is -0.396 e. The van der Waals surface area contributed by atoms with E-state index in [0.29, 0.717) is 12.0 Å². The number of rotatable bonds is 8. The molecule has 0 saturated carbocycles. The van der Waals surface area contributed by atoms with E-state index >= 15 is 0 Å². The van der Waals surface area contributed by atoms with Gasteiger partial charge in [0.15, 0.2) is 0 Å². The van der Waals surface area contributed by atoms with Crippen molar-refractivity contribution in [1.29, 1.82) is 5.26 Å². The molecule has 1 atom stereocenters. The van der Waals surface area contributed by atoms with Crippen LogP contribution in [0.25, 0.3) is 0 Å². The number of carbonyl (C=O) groups excluding carboxylic acids is 1. The van der Waals surface area contributed by atoms with Gasteiger partial charge in [0.1, 0.15) is 0 Å². The Hall–Kier alpha value is -1.90. The number of nitriles is 1. The van der Waals surface area contributed by atoms with Crippen molar-refractivity contribution in [2.75, 3.05) is 31.1 Å². The molecule has 1 N–H and O–H groups in total. The summed E-state index contributed by atoms with van der Waals surface area (Å²) < 4.78 is 0. The fourth-order valence-corrected chi connectivity index (χ4v) is 3.23. The molecule has 1 unspecified atom stereocenters. The van der Waals surface area contributed by atoms with Gasteiger partial charge < -0.3 is 10.0 Å². The number of carbonyl (C=O) groups is 1. The molecule has 0 aliphatic carbocycles. The van der Waals surface area contributed by atoms with E-state index in [1.807, 2.05) is 17.0 Å². The second-order valence-electron chi connectivity index (χ2n) is 6.27. The number of aliphatic hydroxyl groups excluding tert-OH is 1. The standard InChI is InChI=1S/C19H27N3O2/c1-2-3-11-21(12-5-14-23)18-6-4-13-22(19(18)24)17-9-7-16(15-20)8-10-17/h7-10,18,23H,2-6,11-14H2,1H3. The lowest BCUT2D eigenvalue weighted by atomic mass is 10.0. The summed E-state index contributed by atoms with van der Waals surface area (Å²) in [5.41, 5.74) is 1.47. The first-order valence-electron chi connectivity index (χ1n) is 8.87. The van der Waals surface area contributed by atoms with Crippen molar-refractivity contribution in [3.63, 3.8) is 0 Å². The molecular formula is C19H27N3O2. The van der Waals surface area contributed by atoms with Gasteiger partial charge >= 0.3 is 0 Å². The maximum atomic E-state index is 13.0. The lowest BCUT2D eigenvalue weighted by Gasteiger charge is -2.38. The molecule has 1 aromatic rings. The van der Waals surface area contributed by atoms with Gasteiger partial charge in [-0.2, -0.15) is 5.26 Å². The SMILES string of the molecule is CCCCN(CCCO)C1CCCN(c2ccc(C#N)cc2)C1=O. The summed E-state index contributed by atoms with van der Waals surface area (Å²) in [7, 11) is 0. The van der Waals surface area contributed by atoms with Crippen LogP contribution in [0.2, 0.25) is 0 Å². The predicted octanol–water partition coefficient (Wildman–Crippen LogP) is 2.54. The highest BCUT2D eigenvalue weighted by Gasteiger charge is 2.33. The minimum absolute atomic E-state index is 0.104. The highest BCUT2D eigenvalue weighted by atomic mass is 16.3. The van der Waals surface area contributed by atoms with Gasteiger partial charge in [0.25, 0.3) is 0 Å². The molecule has 2 rings (SSSR count). The Morgan fingerprint density at radius 2 is 2.00 bits per heavy atom. The number of aliphatic hydroxyl groups is 1. The van der Waals surface area contributed by atoms with Crippen molar-refractivity contribution in [2.45, 2.75) is 45.1 Å². The van der Waals surface area contributed by atoms with Crippen molar-refractivity contribution in [1.82, 2.24) is 4.90 Å². The van der Waals surface area contributed by atoms with Crippen molar-refractivity contribution < 1.29 is 9.90 Å². The van der Waals surface area contributed by atoms with Crippen LogP contribution < -0.4 is 4.90 Å². The van der Waals surface area contributed by atoms with Crippen molar-refractivity contribution in [3.8, 4) is 6.07 Å². The van der Waals surface area contributed by atoms with Crippen LogP contribution in [0.15, 0.2) is 24.3 Å². The Kier molecular flexibility index (Phi) is 7.23. The number of amides is 1. The Morgan fingerprint density at radius 3 is 2.62 bits per heavy atom. The second-order valence-corrected chi connectivity index (χ2v) is 6.27. The highest BCUT2D eigenvalue weighted by molar-refractivity contribution is 5.98. The van der Waals surface area contributed by atoms with Gasteiger partial charge in [0.2, 0.25) is 5.91 Å². The number of anilines is 1. The largest absolute Gasteiger partial charge is 0.396 e. The Balaban J connectivity index is 2.12. The summed E-state index contributed by atoms with van der Waals surface area (Å²) in [4.78, 5) is 17.1. The van der Waals surface area contributed by atoms with Gasteiger partial charge in [0, 0.05) is 25.4 Å². The van der Waals surface area contributed by atoms with E-state index in [2.05, 4.69) is 17.9 Å². The summed E-state index contributed by atoms with van der Waals surface area (Å²) in [6.45, 7) is 4.68. The zero-order chi connectivity index (χ0) is 17.4. The average molecular weight is 329 g/mol. The van der Waals surface area contributed by atoms with Crippen molar-refractivity contribution >= 4 is 11.6 Å². The lowest BCUT2D eigenvalue weighted by molar-refractivity contribution is -0.125. The van der Waals surface area contributed by atoms with Crippen LogP contribution in [0.5, 0.6) is 0 Å². The van der Waals surface area contributed by atoms with Crippen LogP contribution in [0.4, 0.5) is 5.69 Å². The predicted molar refractivity (Wildman–Crippen MR) is 94.7 cm³/mol. The van der Waals surface area contributed by atoms with Gasteiger partial charge in [0.05, 0.1) is 17.7 Å². The van der Waals surface area contributed by atoms with Gasteiger partial charge in [-0.25, -0.2) is 0 Å². The molecular weight excluding hydrogens is 302 g/mol. The molecule has 0 bridgehead atoms. The van der Waals surface area contributed by atoms with E-state index < -0.39 is 0 Å². The maximum Gasteiger partial charge on any atom is 0.244 e. The third-order valence-corrected chi connectivity index (χ3v) is 4.56. The number of nitrogens with zero attached hydrogens (tertiary/aromatic N) is 3. The molecule has 0 aromatic heterocycles. The number of hydrogen-bond acceptors (Lipinski definition) is 4. The third-order valence-electron chi connectivity index (χ3n) is 4.56. The molecule has 1 saturated heterocycles. The van der Waals surface area contributed by atoms with Crippen LogP contribution in [-0.4, -0.2) is 48.2 Å². The van der Waals surface area contributed by atoms with Crippen molar-refractivity contribution in [2.24, 2.45) is 0 Å². The van der Waals surface area contributed by atoms with Crippen LogP contribution >= 0.6 is 0 Å². The number of piperidine rings is 1. The first kappa shape index (κ1) is 18.4. The van der Waals surface area contributed by atoms with Crippen LogP contribution in [-0.2, 0) is 4.79 Å². The fourth-order valence-electron chi connectivity index (χ4n) is 3.23. The fraction of sp³-hybridized carbons (Fsp3) is 0.579. The van der Waals surface area contributed by atoms with Gasteiger partial charge in [-0.05, 0) is 56.5 Å².